The average Bonchev–Trinajstić information content (AvgIpc) is 2.14. The zero-order valence-corrected chi connectivity index (χ0v) is 7.27. The van der Waals surface area contributed by atoms with Crippen LogP contribution in [-0.2, 0) is 4.74 Å². The molecule has 0 spiro atoms. The molecule has 1 nitrogen and oxygen atoms in total. The van der Waals surface area contributed by atoms with Gasteiger partial charge in [0.15, 0.2) is 0 Å². The molecule has 0 heterocycles. The molecule has 0 aromatic carbocycles. The summed E-state index contributed by atoms with van der Waals surface area (Å²) in [6.07, 6.45) is 7.82. The van der Waals surface area contributed by atoms with Gasteiger partial charge in [-0.2, -0.15) is 12.2 Å². The number of ether oxygens (including phenoxy) is 1. The summed E-state index contributed by atoms with van der Waals surface area (Å²) in [6.45, 7) is 0. The van der Waals surface area contributed by atoms with Crippen molar-refractivity contribution in [2.45, 2.75) is 6.42 Å². The monoisotopic (exact) mass is 118 g/mol. The minimum Gasteiger partial charge on any atom is -0.535 e. The molecule has 8 heavy (non-hydrogen) atoms. The Morgan fingerprint density at radius 1 is 1.75 bits per heavy atom. The van der Waals surface area contributed by atoms with E-state index in [1.54, 1.807) is 7.11 Å². The van der Waals surface area contributed by atoms with Crippen LogP contribution in [0, 0.1) is 6.08 Å². The van der Waals surface area contributed by atoms with Gasteiger partial charge in [0.05, 0.1) is 7.11 Å². The van der Waals surface area contributed by atoms with Crippen LogP contribution in [0.25, 0.3) is 0 Å². The van der Waals surface area contributed by atoms with Crippen molar-refractivity contribution < 1.29 is 34.3 Å². The van der Waals surface area contributed by atoms with Gasteiger partial charge in [-0.05, 0) is 0 Å². The van der Waals surface area contributed by atoms with Crippen LogP contribution in [0.1, 0.15) is 6.42 Å². The molecule has 0 unspecified atom stereocenters. The van der Waals surface area contributed by atoms with E-state index in [4.69, 9.17) is 4.74 Å². The summed E-state index contributed by atoms with van der Waals surface area (Å²) in [5.74, 6) is 0.861. The fourth-order valence-corrected chi connectivity index (χ4v) is 0.525. The second kappa shape index (κ2) is 4.19. The van der Waals surface area contributed by atoms with Gasteiger partial charge in [-0.1, -0.05) is 5.76 Å². The van der Waals surface area contributed by atoms with Crippen molar-refractivity contribution in [3.8, 4) is 0 Å². The predicted octanol–water partition coefficient (Wildman–Crippen LogP) is -1.72. The zero-order chi connectivity index (χ0) is 5.11. The minimum atomic E-state index is 0. The van der Waals surface area contributed by atoms with Gasteiger partial charge in [0.25, 0.3) is 0 Å². The molecule has 0 radical (unpaired) electrons. The van der Waals surface area contributed by atoms with Crippen LogP contribution < -0.4 is 29.6 Å². The van der Waals surface area contributed by atoms with Gasteiger partial charge in [-0.15, -0.1) is 6.42 Å². The van der Waals surface area contributed by atoms with Gasteiger partial charge in [0.2, 0.25) is 0 Å². The molecule has 0 aromatic rings. The molecule has 2 heteroatoms. The largest absolute Gasteiger partial charge is 1.00 e. The van der Waals surface area contributed by atoms with E-state index in [-0.39, 0.29) is 29.6 Å². The van der Waals surface area contributed by atoms with Crippen molar-refractivity contribution in [1.82, 2.24) is 0 Å². The number of rotatable bonds is 1. The molecule has 0 saturated carbocycles. The van der Waals surface area contributed by atoms with E-state index < -0.39 is 0 Å². The van der Waals surface area contributed by atoms with Crippen LogP contribution in [0.3, 0.4) is 0 Å². The van der Waals surface area contributed by atoms with Crippen molar-refractivity contribution in [3.63, 3.8) is 0 Å². The minimum absolute atomic E-state index is 0. The molecule has 1 aliphatic rings. The molecule has 1 rings (SSSR count). The summed E-state index contributed by atoms with van der Waals surface area (Å²) in [5.41, 5.74) is 0. The Morgan fingerprint density at radius 2 is 2.50 bits per heavy atom. The smallest absolute Gasteiger partial charge is 0.535 e. The van der Waals surface area contributed by atoms with E-state index in [2.05, 4.69) is 6.08 Å². The van der Waals surface area contributed by atoms with Crippen molar-refractivity contribution in [2.24, 2.45) is 0 Å². The van der Waals surface area contributed by atoms with Crippen LogP contribution in [0.15, 0.2) is 17.9 Å². The summed E-state index contributed by atoms with van der Waals surface area (Å²) < 4.78 is 4.83. The molecular formula is C6H7NaO. The fourth-order valence-electron chi connectivity index (χ4n) is 0.525. The number of allylic oxidation sites excluding steroid dienone is 3. The van der Waals surface area contributed by atoms with Gasteiger partial charge in [-0.3, -0.25) is 0 Å². The van der Waals surface area contributed by atoms with E-state index in [0.29, 0.717) is 0 Å². The maximum atomic E-state index is 4.83. The third kappa shape index (κ3) is 2.03. The van der Waals surface area contributed by atoms with E-state index in [9.17, 15) is 0 Å². The quantitative estimate of drug-likeness (QED) is 0.294. The summed E-state index contributed by atoms with van der Waals surface area (Å²) >= 11 is 0. The Labute approximate surface area is 71.7 Å². The molecule has 0 bridgehead atoms. The first-order valence-corrected chi connectivity index (χ1v) is 2.25. The van der Waals surface area contributed by atoms with Crippen LogP contribution in [0.2, 0.25) is 0 Å². The van der Waals surface area contributed by atoms with Gasteiger partial charge >= 0.3 is 29.6 Å². The van der Waals surface area contributed by atoms with Crippen molar-refractivity contribution in [3.05, 3.63) is 24.0 Å². The first-order chi connectivity index (χ1) is 3.43. The van der Waals surface area contributed by atoms with E-state index in [0.717, 1.165) is 12.2 Å². The summed E-state index contributed by atoms with van der Waals surface area (Å²) in [6, 6.07) is 0. The SMILES string of the molecule is COC1=[C-]CC=C1.[Na+]. The van der Waals surface area contributed by atoms with Crippen LogP contribution in [0.4, 0.5) is 0 Å². The number of hydrogen-bond donors (Lipinski definition) is 0. The molecular weight excluding hydrogens is 111 g/mol. The molecule has 0 aromatic heterocycles. The first-order valence-electron chi connectivity index (χ1n) is 2.25. The van der Waals surface area contributed by atoms with Gasteiger partial charge < -0.3 is 4.74 Å². The maximum absolute atomic E-state index is 4.83. The molecule has 0 aliphatic heterocycles. The topological polar surface area (TPSA) is 9.23 Å². The molecule has 0 amide bonds. The van der Waals surface area contributed by atoms with Crippen LogP contribution in [-0.4, -0.2) is 7.11 Å². The van der Waals surface area contributed by atoms with Gasteiger partial charge in [0, 0.05) is 0 Å². The summed E-state index contributed by atoms with van der Waals surface area (Å²) in [7, 11) is 1.65. The second-order valence-corrected chi connectivity index (χ2v) is 1.35. The van der Waals surface area contributed by atoms with Crippen LogP contribution in [0.5, 0.6) is 0 Å². The van der Waals surface area contributed by atoms with Crippen molar-refractivity contribution in [2.75, 3.05) is 7.11 Å². The number of hydrogen-bond acceptors (Lipinski definition) is 1. The van der Waals surface area contributed by atoms with E-state index in [1.807, 2.05) is 12.2 Å². The molecule has 0 N–H and O–H groups in total. The Bertz CT molecular complexity index is 116. The molecule has 1 aliphatic carbocycles. The molecule has 38 valence electrons. The van der Waals surface area contributed by atoms with E-state index >= 15 is 0 Å². The van der Waals surface area contributed by atoms with Gasteiger partial charge in [0.1, 0.15) is 0 Å². The van der Waals surface area contributed by atoms with Crippen molar-refractivity contribution >= 4 is 0 Å². The third-order valence-electron chi connectivity index (χ3n) is 0.883. The Balaban J connectivity index is 0.000000490. The normalized spacial score (nSPS) is 14.9. The Kier molecular flexibility index (Phi) is 4.33. The zero-order valence-electron chi connectivity index (χ0n) is 5.27. The fraction of sp³-hybridized carbons (Fsp3) is 0.333. The van der Waals surface area contributed by atoms with E-state index in [1.165, 1.54) is 0 Å². The first kappa shape index (κ1) is 8.28. The summed E-state index contributed by atoms with van der Waals surface area (Å²) in [5, 5.41) is 0. The Morgan fingerprint density at radius 3 is 2.75 bits per heavy atom. The van der Waals surface area contributed by atoms with Crippen molar-refractivity contribution in [1.29, 1.82) is 0 Å². The molecule has 0 fully saturated rings. The Hall–Kier alpha value is 0.280. The number of methoxy groups -OCH3 is 1. The van der Waals surface area contributed by atoms with Crippen LogP contribution >= 0.6 is 0 Å². The summed E-state index contributed by atoms with van der Waals surface area (Å²) in [4.78, 5) is 0. The second-order valence-electron chi connectivity index (χ2n) is 1.35. The average molecular weight is 118 g/mol. The predicted molar refractivity (Wildman–Crippen MR) is 27.5 cm³/mol. The maximum Gasteiger partial charge on any atom is 1.00 e. The van der Waals surface area contributed by atoms with Gasteiger partial charge in [-0.25, -0.2) is 6.08 Å². The molecule has 0 atom stereocenters. The molecule has 0 saturated heterocycles. The standard InChI is InChI=1S/C6H7O.Na/c1-7-6-4-2-3-5-6;/h2,4H,3H2,1H3;/q-1;+1. The third-order valence-corrected chi connectivity index (χ3v) is 0.883.